The number of aldehydes is 1. The maximum absolute atomic E-state index is 11.2. The van der Waals surface area contributed by atoms with E-state index >= 15 is 0 Å². The molecule has 0 unspecified atom stereocenters. The van der Waals surface area contributed by atoms with Gasteiger partial charge in [-0.2, -0.15) is 5.26 Å². The summed E-state index contributed by atoms with van der Waals surface area (Å²) in [6, 6.07) is 89.1. The molecule has 1 aliphatic heterocycles. The van der Waals surface area contributed by atoms with E-state index in [4.69, 9.17) is 28.2 Å². The molecule has 0 bridgehead atoms. The lowest BCUT2D eigenvalue weighted by Crippen LogP contribution is -2.40. The maximum atomic E-state index is 11.2. The van der Waals surface area contributed by atoms with Crippen LogP contribution in [0, 0.1) is 18.5 Å². The highest BCUT2D eigenvalue weighted by Gasteiger charge is 2.18. The number of allylic oxidation sites excluding steroid dienone is 1. The Morgan fingerprint density at radius 1 is 0.447 bits per heavy atom. The minimum atomic E-state index is 0. The van der Waals surface area contributed by atoms with Crippen molar-refractivity contribution in [1.29, 1.82) is 5.26 Å². The van der Waals surface area contributed by atoms with Gasteiger partial charge in [-0.15, -0.1) is 0 Å². The highest BCUT2D eigenvalue weighted by atomic mass is 127. The van der Waals surface area contributed by atoms with E-state index in [0.717, 1.165) is 115 Å². The summed E-state index contributed by atoms with van der Waals surface area (Å²) in [4.78, 5) is 24.0. The molecule has 0 spiro atoms. The number of piperazine rings is 1. The number of halogens is 8. The van der Waals surface area contributed by atoms with Crippen LogP contribution in [0.3, 0.4) is 0 Å². The lowest BCUT2D eigenvalue weighted by Gasteiger charge is -2.21. The molecule has 0 saturated carbocycles. The summed E-state index contributed by atoms with van der Waals surface area (Å²) < 4.78 is 29.8. The maximum Gasteiger partial charge on any atom is 0.208 e. The van der Waals surface area contributed by atoms with E-state index in [0.29, 0.717) is 36.7 Å². The average Bonchev–Trinajstić information content (AvgIpc) is 1.66. The monoisotopic (exact) mass is 2410 g/mol. The van der Waals surface area contributed by atoms with E-state index in [1.54, 1.807) is 37.3 Å². The fraction of sp³-hybridized carbons (Fsp3) is 0.288. The van der Waals surface area contributed by atoms with Crippen molar-refractivity contribution in [2.45, 2.75) is 179 Å². The molecule has 11 aromatic carbocycles. The summed E-state index contributed by atoms with van der Waals surface area (Å²) in [6.07, 6.45) is 12.4. The predicted octanol–water partition coefficient (Wildman–Crippen LogP) is 36.5. The van der Waals surface area contributed by atoms with Crippen LogP contribution in [-0.4, -0.2) is 72.5 Å². The molecule has 1 aliphatic rings. The van der Waals surface area contributed by atoms with Crippen molar-refractivity contribution < 1.29 is 43.3 Å². The van der Waals surface area contributed by atoms with Crippen LogP contribution in [0.1, 0.15) is 220 Å². The predicted molar refractivity (Wildman–Crippen MR) is 612 cm³/mol. The van der Waals surface area contributed by atoms with Gasteiger partial charge in [-0.05, 0) is 249 Å². The highest BCUT2D eigenvalue weighted by Crippen LogP contribution is 2.36. The van der Waals surface area contributed by atoms with E-state index in [1.165, 1.54) is 40.7 Å². The summed E-state index contributed by atoms with van der Waals surface area (Å²) in [5.41, 5.74) is 11.4. The van der Waals surface area contributed by atoms with Crippen LogP contribution in [0.5, 0.6) is 17.2 Å². The summed E-state index contributed by atoms with van der Waals surface area (Å²) in [5, 5.41) is 33.7. The number of rotatable bonds is 13. The number of furan rings is 3. The average molecular weight is 2410 g/mol. The number of ether oxygens (including phenoxy) is 1. The standard InChI is InChI=1S/C16H10BrNO.C16H11BrO2.C15H12BrIO.C15H11BrO.C10H10O.C6H4BrIO.C6H5BrO.C5H12N2.11C2H6.H3N.H2O/c2*17-14-8-4-7-12-13(15(10-18)19-16(12)14)9-11-5-2-1-3-6-11;16-13-9-4-10-14(17)15(13)18-11-5-8-12-6-2-1-3-7-12;16-14-8-4-7-13-12(10-17-15(13)14)9-11-5-2-1-3-6-11;1-9(11)7-8-10-5-3-2-4-6-10;7-4-2-1-3-5(8)6(4)9;7-5-3-1-2-4-6(5)8;1-7-4-2-6-3-5-7;11*1-2;;/h1-8H,9H2;1-8,10H,9H2;1-10H,11H2;1-8,10H,9H2;2-8H,1H3;1-3,9H;1-4,8H;6H,2-5H2,1H3;11*1-2H3;1H3;1H2/b;;8-5+;;8-7+;;;;;;;;;;;;;;;;. The van der Waals surface area contributed by atoms with E-state index in [2.05, 4.69) is 225 Å². The zero-order valence-corrected chi connectivity index (χ0v) is 95.8. The number of benzene rings is 11. The molecule has 4 heterocycles. The van der Waals surface area contributed by atoms with Crippen LogP contribution >= 0.6 is 141 Å². The number of nitrogens with zero attached hydrogens (tertiary/aromatic N) is 2. The molecular formula is C111H146Br6I2N4O9. The first-order chi connectivity index (χ1) is 63.4. The van der Waals surface area contributed by atoms with Crippen LogP contribution < -0.4 is 16.2 Å². The number of hydrogen-bond acceptors (Lipinski definition) is 12. The van der Waals surface area contributed by atoms with E-state index in [-0.39, 0.29) is 23.2 Å². The molecule has 0 atom stereocenters. The third kappa shape index (κ3) is 53.9. The van der Waals surface area contributed by atoms with Gasteiger partial charge in [0, 0.05) is 78.3 Å². The number of ketones is 1. The third-order valence-corrected chi connectivity index (χ3v) is 21.4. The summed E-state index contributed by atoms with van der Waals surface area (Å²) in [7, 11) is 2.15. The Morgan fingerprint density at radius 2 is 0.811 bits per heavy atom. The first kappa shape index (κ1) is 135. The first-order valence-electron chi connectivity index (χ1n) is 44.9. The largest absolute Gasteiger partial charge is 0.507 e. The zero-order valence-electron chi connectivity index (χ0n) is 82.0. The fourth-order valence-electron chi connectivity index (χ4n) is 10.5. The van der Waals surface area contributed by atoms with Crippen molar-refractivity contribution in [3.05, 3.63) is 375 Å². The summed E-state index contributed by atoms with van der Waals surface area (Å²) in [5.74, 6) is 2.38. The SMILES string of the molecule is Brc1cccc(I)c1OC/C=C/c1ccccc1.Brc1cccc2c(Cc3ccccc3)coc12.CC.CC.CC.CC.CC.CC.CC.CC.CC.CC.CC.CC(=O)/C=C/c1ccccc1.CN1CCNCC1.N.N#Cc1oc2c(Br)cccc2c1Cc1ccccc1.O.O=Cc1oc2c(Br)cccc2c1Cc1ccccc1.Oc1c(Br)cccc1I.Oc1ccccc1Br. The fourth-order valence-corrected chi connectivity index (χ4v) is 14.8. The molecule has 13 nitrogen and oxygen atoms in total. The minimum absolute atomic E-state index is 0. The van der Waals surface area contributed by atoms with Crippen molar-refractivity contribution in [2.24, 2.45) is 0 Å². The van der Waals surface area contributed by atoms with Crippen LogP contribution in [0.2, 0.25) is 0 Å². The van der Waals surface area contributed by atoms with Gasteiger partial charge >= 0.3 is 0 Å². The van der Waals surface area contributed by atoms with Crippen LogP contribution in [-0.2, 0) is 24.1 Å². The van der Waals surface area contributed by atoms with Crippen molar-refractivity contribution >= 4 is 198 Å². The molecule has 0 radical (unpaired) electrons. The molecule has 132 heavy (non-hydrogen) atoms. The Labute approximate surface area is 870 Å². The van der Waals surface area contributed by atoms with Gasteiger partial charge in [-0.1, -0.05) is 377 Å². The van der Waals surface area contributed by atoms with Crippen LogP contribution in [0.4, 0.5) is 0 Å². The second-order valence-corrected chi connectivity index (χ2v) is 31.2. The van der Waals surface area contributed by atoms with Crippen molar-refractivity contribution in [2.75, 3.05) is 39.8 Å². The molecule has 21 heteroatoms. The smallest absolute Gasteiger partial charge is 0.208 e. The number of para-hydroxylation sites is 6. The second kappa shape index (κ2) is 89.5. The van der Waals surface area contributed by atoms with Gasteiger partial charge in [0.25, 0.3) is 0 Å². The van der Waals surface area contributed by atoms with Crippen LogP contribution in [0.15, 0.2) is 325 Å². The number of phenols is 2. The van der Waals surface area contributed by atoms with Crippen molar-refractivity contribution in [1.82, 2.24) is 16.4 Å². The number of nitrogens with one attached hydrogen (secondary N) is 1. The molecule has 720 valence electrons. The Morgan fingerprint density at radius 3 is 1.20 bits per heavy atom. The number of likely N-dealkylation sites (N-methyl/N-ethyl adjacent to an activating group) is 1. The van der Waals surface area contributed by atoms with Gasteiger partial charge in [0.2, 0.25) is 5.76 Å². The lowest BCUT2D eigenvalue weighted by molar-refractivity contribution is -0.112. The van der Waals surface area contributed by atoms with Crippen LogP contribution in [0.25, 0.3) is 45.1 Å². The molecule has 0 aliphatic carbocycles. The van der Waals surface area contributed by atoms with E-state index in [1.807, 2.05) is 359 Å². The molecule has 1 fully saturated rings. The molecule has 1 saturated heterocycles. The lowest BCUT2D eigenvalue weighted by atomic mass is 10.0. The van der Waals surface area contributed by atoms with Gasteiger partial charge in [0.15, 0.2) is 17.8 Å². The van der Waals surface area contributed by atoms with Crippen molar-refractivity contribution in [3.8, 4) is 23.3 Å². The highest BCUT2D eigenvalue weighted by molar-refractivity contribution is 14.1. The number of fused-ring (bicyclic) bond motifs is 3. The van der Waals surface area contributed by atoms with E-state index < -0.39 is 0 Å². The normalized spacial score (nSPS) is 9.84. The summed E-state index contributed by atoms with van der Waals surface area (Å²) >= 11 is 24.6. The Kier molecular flexibility index (Phi) is 91.3. The molecule has 15 rings (SSSR count). The Balaban J connectivity index is -0.000000338. The van der Waals surface area contributed by atoms with Gasteiger partial charge in [0.05, 0.1) is 40.2 Å². The molecule has 14 aromatic rings. The second-order valence-electron chi connectivity index (χ2n) is 23.8. The van der Waals surface area contributed by atoms with Crippen molar-refractivity contribution in [3.63, 3.8) is 0 Å². The summed E-state index contributed by atoms with van der Waals surface area (Å²) in [6.45, 7) is 50.8. The third-order valence-electron chi connectivity index (χ3n) is 15.9. The molecule has 8 N–H and O–H groups in total. The Hall–Kier alpha value is -8.07. The zero-order chi connectivity index (χ0) is 99.0. The number of phenolic OH excluding ortho intramolecular Hbond substituents is 2. The number of nitriles is 1. The number of carbonyl (C=O) groups excluding carboxylic acids is 2. The number of carbonyl (C=O) groups is 2. The van der Waals surface area contributed by atoms with Gasteiger partial charge in [-0.25, -0.2) is 0 Å². The first-order valence-corrected chi connectivity index (χ1v) is 51.8. The molecule has 0 amide bonds. The number of aromatic hydroxyl groups is 2. The molecule has 3 aromatic heterocycles. The van der Waals surface area contributed by atoms with Gasteiger partial charge < -0.3 is 50.0 Å². The molecular weight excluding hydrogens is 2270 g/mol. The van der Waals surface area contributed by atoms with E-state index in [9.17, 15) is 14.9 Å². The quantitative estimate of drug-likeness (QED) is 0.0480. The van der Waals surface area contributed by atoms with Gasteiger partial charge in [-0.3, -0.25) is 9.59 Å². The van der Waals surface area contributed by atoms with Gasteiger partial charge in [0.1, 0.15) is 46.7 Å². The topological polar surface area (TPSA) is 229 Å². The minimum Gasteiger partial charge on any atom is -0.507 e. The number of hydrogen-bond donors (Lipinski definition) is 4. The Bertz CT molecular complexity index is 5180.